The molecule has 8 nitrogen and oxygen atoms in total. The number of benzene rings is 1. The molecular formula is C18H20N6O2S. The maximum Gasteiger partial charge on any atom is 0.237 e. The zero-order valence-corrected chi connectivity index (χ0v) is 15.7. The second-order valence-electron chi connectivity index (χ2n) is 6.42. The lowest BCUT2D eigenvalue weighted by Crippen LogP contribution is -2.23. The number of nitrogens with one attached hydrogen (secondary N) is 1. The summed E-state index contributed by atoms with van der Waals surface area (Å²) in [4.78, 5) is 23.7. The van der Waals surface area contributed by atoms with Crippen LogP contribution in [0.25, 0.3) is 0 Å². The predicted molar refractivity (Wildman–Crippen MR) is 101 cm³/mol. The van der Waals surface area contributed by atoms with E-state index in [9.17, 15) is 9.59 Å². The number of hydrogen-bond donors (Lipinski definition) is 2. The Bertz CT molecular complexity index is 899. The van der Waals surface area contributed by atoms with E-state index >= 15 is 0 Å². The van der Waals surface area contributed by atoms with Gasteiger partial charge in [0.1, 0.15) is 5.82 Å². The van der Waals surface area contributed by atoms with Gasteiger partial charge in [0, 0.05) is 24.6 Å². The summed E-state index contributed by atoms with van der Waals surface area (Å²) in [6.07, 6.45) is 2.32. The number of rotatable bonds is 8. The Morgan fingerprint density at radius 2 is 2.22 bits per heavy atom. The van der Waals surface area contributed by atoms with E-state index in [1.165, 1.54) is 11.8 Å². The van der Waals surface area contributed by atoms with Gasteiger partial charge in [-0.15, -0.1) is 10.2 Å². The first-order valence-corrected chi connectivity index (χ1v) is 9.55. The normalized spacial score (nSPS) is 14.4. The van der Waals surface area contributed by atoms with E-state index in [1.54, 1.807) is 31.2 Å². The highest BCUT2D eigenvalue weighted by atomic mass is 32.2. The van der Waals surface area contributed by atoms with E-state index in [1.807, 2.05) is 10.6 Å². The Kier molecular flexibility index (Phi) is 5.76. The van der Waals surface area contributed by atoms with Crippen LogP contribution < -0.4 is 11.1 Å². The average Bonchev–Trinajstić information content (AvgIpc) is 3.41. The van der Waals surface area contributed by atoms with Crippen LogP contribution in [-0.4, -0.2) is 31.8 Å². The number of nitriles is 1. The molecule has 1 aliphatic rings. The highest BCUT2D eigenvalue weighted by molar-refractivity contribution is 8.00. The van der Waals surface area contributed by atoms with Crippen molar-refractivity contribution in [3.8, 4) is 6.07 Å². The van der Waals surface area contributed by atoms with Crippen molar-refractivity contribution in [2.24, 2.45) is 5.73 Å². The van der Waals surface area contributed by atoms with Crippen molar-refractivity contribution in [1.29, 1.82) is 5.26 Å². The summed E-state index contributed by atoms with van der Waals surface area (Å²) >= 11 is 1.29. The molecule has 2 aromatic rings. The van der Waals surface area contributed by atoms with Crippen LogP contribution in [0.5, 0.6) is 0 Å². The van der Waals surface area contributed by atoms with Gasteiger partial charge in [-0.25, -0.2) is 0 Å². The molecule has 0 saturated heterocycles. The Balaban J connectivity index is 1.69. The minimum atomic E-state index is -0.431. The van der Waals surface area contributed by atoms with Gasteiger partial charge in [-0.3, -0.25) is 9.59 Å². The Labute approximate surface area is 161 Å². The summed E-state index contributed by atoms with van der Waals surface area (Å²) in [5, 5.41) is 20.4. The van der Waals surface area contributed by atoms with Crippen molar-refractivity contribution in [2.75, 3.05) is 5.32 Å². The molecule has 3 rings (SSSR count). The number of primary amides is 1. The second-order valence-corrected chi connectivity index (χ2v) is 7.73. The molecule has 3 N–H and O–H groups in total. The van der Waals surface area contributed by atoms with Crippen molar-refractivity contribution in [3.05, 3.63) is 35.7 Å². The second kappa shape index (κ2) is 8.22. The van der Waals surface area contributed by atoms with Gasteiger partial charge in [0.15, 0.2) is 5.16 Å². The molecule has 1 aliphatic carbocycles. The largest absolute Gasteiger partial charge is 0.370 e. The summed E-state index contributed by atoms with van der Waals surface area (Å²) in [5.41, 5.74) is 6.32. The van der Waals surface area contributed by atoms with Crippen LogP contribution in [0.2, 0.25) is 0 Å². The van der Waals surface area contributed by atoms with E-state index in [0.717, 1.165) is 18.7 Å². The topological polar surface area (TPSA) is 127 Å². The van der Waals surface area contributed by atoms with Crippen molar-refractivity contribution >= 4 is 29.3 Å². The maximum absolute atomic E-state index is 12.5. The Morgan fingerprint density at radius 3 is 2.89 bits per heavy atom. The molecule has 1 fully saturated rings. The fourth-order valence-corrected chi connectivity index (χ4v) is 3.47. The average molecular weight is 384 g/mol. The van der Waals surface area contributed by atoms with Gasteiger partial charge in [0.25, 0.3) is 0 Å². The molecule has 0 bridgehead atoms. The third-order valence-corrected chi connectivity index (χ3v) is 5.26. The number of carbonyl (C=O) groups is 2. The van der Waals surface area contributed by atoms with Crippen LogP contribution >= 0.6 is 11.8 Å². The molecule has 27 heavy (non-hydrogen) atoms. The number of thioether (sulfide) groups is 1. The molecule has 1 unspecified atom stereocenters. The van der Waals surface area contributed by atoms with Crippen molar-refractivity contribution in [3.63, 3.8) is 0 Å². The van der Waals surface area contributed by atoms with Crippen LogP contribution in [0.3, 0.4) is 0 Å². The van der Waals surface area contributed by atoms with Crippen molar-refractivity contribution in [2.45, 2.75) is 49.1 Å². The van der Waals surface area contributed by atoms with Gasteiger partial charge in [0.05, 0.1) is 16.9 Å². The Hall–Kier alpha value is -2.86. The van der Waals surface area contributed by atoms with Gasteiger partial charge in [-0.1, -0.05) is 17.8 Å². The van der Waals surface area contributed by atoms with E-state index in [0.29, 0.717) is 28.9 Å². The third kappa shape index (κ3) is 4.86. The highest BCUT2D eigenvalue weighted by Crippen LogP contribution is 2.40. The quantitative estimate of drug-likeness (QED) is 0.670. The first-order chi connectivity index (χ1) is 13.0. The molecule has 1 aromatic carbocycles. The highest BCUT2D eigenvalue weighted by Gasteiger charge is 2.31. The van der Waals surface area contributed by atoms with Crippen LogP contribution in [0.1, 0.15) is 43.5 Å². The van der Waals surface area contributed by atoms with E-state index in [-0.39, 0.29) is 18.2 Å². The number of hydrogen-bond acceptors (Lipinski definition) is 6. The standard InChI is InChI=1S/C18H20N6O2S/c1-11(17(26)21-14-4-2-3-12(9-14)10-19)27-18-23-22-16(13-5-6-13)24(18)8-7-15(20)25/h2-4,9,11,13H,5-8H2,1H3,(H2,20,25)(H,21,26). The van der Waals surface area contributed by atoms with Gasteiger partial charge in [-0.2, -0.15) is 5.26 Å². The molecule has 1 saturated carbocycles. The maximum atomic E-state index is 12.5. The number of anilines is 1. The number of amides is 2. The predicted octanol–water partition coefficient (Wildman–Crippen LogP) is 2.02. The minimum Gasteiger partial charge on any atom is -0.370 e. The lowest BCUT2D eigenvalue weighted by molar-refractivity contribution is -0.118. The fraction of sp³-hybridized carbons (Fsp3) is 0.389. The van der Waals surface area contributed by atoms with E-state index < -0.39 is 5.25 Å². The monoisotopic (exact) mass is 384 g/mol. The number of nitrogens with zero attached hydrogens (tertiary/aromatic N) is 4. The molecular weight excluding hydrogens is 364 g/mol. The van der Waals surface area contributed by atoms with Crippen LogP contribution in [0, 0.1) is 11.3 Å². The number of nitrogens with two attached hydrogens (primary N) is 1. The summed E-state index contributed by atoms with van der Waals surface area (Å²) in [6.45, 7) is 2.19. The van der Waals surface area contributed by atoms with Gasteiger partial charge < -0.3 is 15.6 Å². The first-order valence-electron chi connectivity index (χ1n) is 8.67. The smallest absolute Gasteiger partial charge is 0.237 e. The van der Waals surface area contributed by atoms with E-state index in [4.69, 9.17) is 11.0 Å². The van der Waals surface area contributed by atoms with Crippen LogP contribution in [0.4, 0.5) is 5.69 Å². The lowest BCUT2D eigenvalue weighted by Gasteiger charge is -2.13. The van der Waals surface area contributed by atoms with Gasteiger partial charge in [0.2, 0.25) is 11.8 Å². The fourth-order valence-electron chi connectivity index (χ4n) is 2.58. The third-order valence-electron chi connectivity index (χ3n) is 4.18. The number of aromatic nitrogens is 3. The molecule has 140 valence electrons. The first kappa shape index (κ1) is 18.9. The molecule has 9 heteroatoms. The summed E-state index contributed by atoms with van der Waals surface area (Å²) in [6, 6.07) is 8.79. The van der Waals surface area contributed by atoms with Gasteiger partial charge >= 0.3 is 0 Å². The molecule has 1 aromatic heterocycles. The van der Waals surface area contributed by atoms with E-state index in [2.05, 4.69) is 15.5 Å². The minimum absolute atomic E-state index is 0.201. The zero-order valence-electron chi connectivity index (χ0n) is 14.9. The zero-order chi connectivity index (χ0) is 19.4. The van der Waals surface area contributed by atoms with Crippen LogP contribution in [-0.2, 0) is 16.1 Å². The lowest BCUT2D eigenvalue weighted by atomic mass is 10.2. The van der Waals surface area contributed by atoms with Gasteiger partial charge in [-0.05, 0) is 38.0 Å². The molecule has 0 radical (unpaired) electrons. The SMILES string of the molecule is CC(Sc1nnc(C2CC2)n1CCC(N)=O)C(=O)Nc1cccc(C#N)c1. The molecule has 2 amide bonds. The van der Waals surface area contributed by atoms with Crippen molar-refractivity contribution in [1.82, 2.24) is 14.8 Å². The van der Waals surface area contributed by atoms with Crippen molar-refractivity contribution < 1.29 is 9.59 Å². The molecule has 0 spiro atoms. The molecule has 1 heterocycles. The summed E-state index contributed by atoms with van der Waals surface area (Å²) in [5.74, 6) is 0.641. The molecule has 0 aliphatic heterocycles. The summed E-state index contributed by atoms with van der Waals surface area (Å²) in [7, 11) is 0. The number of carbonyl (C=O) groups excluding carboxylic acids is 2. The Morgan fingerprint density at radius 1 is 1.44 bits per heavy atom. The summed E-state index contributed by atoms with van der Waals surface area (Å²) < 4.78 is 1.90. The van der Waals surface area contributed by atoms with Crippen LogP contribution in [0.15, 0.2) is 29.4 Å². The molecule has 1 atom stereocenters.